The normalized spacial score (nSPS) is 11.9. The standard InChI is InChI=1S/C20H26ClN5O4S/c1-2-3-7-12-25-17-16(23-19(21)24-17)18(27)26(20(25)28)13-8-11-22-31(29,30)14-15-9-5-4-6-10-15/h4-6,9-10,22H,2-3,7-8,11-14H2,1H3,(H,23,24). The number of fused-ring (bicyclic) bond motifs is 1. The molecule has 0 fully saturated rings. The Morgan fingerprint density at radius 2 is 1.77 bits per heavy atom. The van der Waals surface area contributed by atoms with Crippen LogP contribution in [-0.4, -0.2) is 34.1 Å². The fraction of sp³-hybridized carbons (Fsp3) is 0.450. The van der Waals surface area contributed by atoms with Gasteiger partial charge < -0.3 is 4.98 Å². The molecule has 0 aliphatic rings. The molecule has 3 rings (SSSR count). The van der Waals surface area contributed by atoms with Crippen LogP contribution < -0.4 is 16.0 Å². The molecule has 2 N–H and O–H groups in total. The van der Waals surface area contributed by atoms with E-state index in [0.717, 1.165) is 23.8 Å². The van der Waals surface area contributed by atoms with Crippen LogP contribution >= 0.6 is 11.6 Å². The molecule has 0 bridgehead atoms. The summed E-state index contributed by atoms with van der Waals surface area (Å²) >= 11 is 5.93. The van der Waals surface area contributed by atoms with Crippen LogP contribution in [0.15, 0.2) is 39.9 Å². The Morgan fingerprint density at radius 3 is 2.48 bits per heavy atom. The molecule has 0 unspecified atom stereocenters. The van der Waals surface area contributed by atoms with Gasteiger partial charge in [-0.05, 0) is 30.0 Å². The largest absolute Gasteiger partial charge is 0.332 e. The van der Waals surface area contributed by atoms with E-state index in [-0.39, 0.29) is 41.7 Å². The van der Waals surface area contributed by atoms with E-state index in [9.17, 15) is 18.0 Å². The number of unbranched alkanes of at least 4 members (excludes halogenated alkanes) is 2. The van der Waals surface area contributed by atoms with Crippen molar-refractivity contribution in [2.45, 2.75) is 51.4 Å². The minimum Gasteiger partial charge on any atom is -0.323 e. The number of nitrogens with one attached hydrogen (secondary N) is 2. The smallest absolute Gasteiger partial charge is 0.323 e. The molecule has 31 heavy (non-hydrogen) atoms. The summed E-state index contributed by atoms with van der Waals surface area (Å²) in [6.45, 7) is 2.67. The number of sulfonamides is 1. The first-order valence-corrected chi connectivity index (χ1v) is 12.3. The summed E-state index contributed by atoms with van der Waals surface area (Å²) in [6.07, 6.45) is 2.98. The third-order valence-corrected chi connectivity index (χ3v) is 6.43. The van der Waals surface area contributed by atoms with E-state index in [1.54, 1.807) is 24.3 Å². The van der Waals surface area contributed by atoms with Crippen LogP contribution in [0.25, 0.3) is 11.2 Å². The molecule has 0 aliphatic heterocycles. The quantitative estimate of drug-likeness (QED) is 0.331. The van der Waals surface area contributed by atoms with Crippen molar-refractivity contribution in [3.8, 4) is 0 Å². The minimum absolute atomic E-state index is 0.0437. The van der Waals surface area contributed by atoms with Gasteiger partial charge in [0.2, 0.25) is 15.3 Å². The summed E-state index contributed by atoms with van der Waals surface area (Å²) < 4.78 is 29.6. The molecule has 0 saturated heterocycles. The highest BCUT2D eigenvalue weighted by Crippen LogP contribution is 2.11. The Balaban J connectivity index is 1.72. The lowest BCUT2D eigenvalue weighted by Gasteiger charge is -2.11. The Morgan fingerprint density at radius 1 is 1.06 bits per heavy atom. The predicted octanol–water partition coefficient (Wildman–Crippen LogP) is 2.24. The van der Waals surface area contributed by atoms with Crippen LogP contribution in [0.4, 0.5) is 0 Å². The molecule has 9 nitrogen and oxygen atoms in total. The number of hydrogen-bond donors (Lipinski definition) is 2. The van der Waals surface area contributed by atoms with Crippen molar-refractivity contribution in [1.82, 2.24) is 23.8 Å². The maximum absolute atomic E-state index is 12.9. The Hall–Kier alpha value is -2.43. The lowest BCUT2D eigenvalue weighted by molar-refractivity contribution is 0.521. The van der Waals surface area contributed by atoms with Crippen molar-refractivity contribution >= 4 is 32.8 Å². The lowest BCUT2D eigenvalue weighted by Crippen LogP contribution is -2.41. The van der Waals surface area contributed by atoms with Gasteiger partial charge in [-0.2, -0.15) is 4.98 Å². The van der Waals surface area contributed by atoms with E-state index in [0.29, 0.717) is 12.1 Å². The minimum atomic E-state index is -3.52. The van der Waals surface area contributed by atoms with Gasteiger partial charge >= 0.3 is 5.69 Å². The summed E-state index contributed by atoms with van der Waals surface area (Å²) in [7, 11) is -3.52. The van der Waals surface area contributed by atoms with E-state index in [1.807, 2.05) is 6.07 Å². The van der Waals surface area contributed by atoms with Gasteiger partial charge in [-0.3, -0.25) is 13.9 Å². The molecule has 0 radical (unpaired) electrons. The number of aromatic nitrogens is 4. The summed E-state index contributed by atoms with van der Waals surface area (Å²) in [4.78, 5) is 32.5. The molecular weight excluding hydrogens is 442 g/mol. The first-order valence-electron chi connectivity index (χ1n) is 10.2. The van der Waals surface area contributed by atoms with Crippen LogP contribution in [0.2, 0.25) is 5.28 Å². The molecule has 0 saturated carbocycles. The highest BCUT2D eigenvalue weighted by molar-refractivity contribution is 7.88. The summed E-state index contributed by atoms with van der Waals surface area (Å²) in [6, 6.07) is 8.86. The Kier molecular flexibility index (Phi) is 7.69. The number of imidazole rings is 1. The first kappa shape index (κ1) is 23.2. The molecule has 2 heterocycles. The summed E-state index contributed by atoms with van der Waals surface area (Å²) in [5.41, 5.74) is 0.117. The van der Waals surface area contributed by atoms with Gasteiger partial charge in [-0.25, -0.2) is 17.9 Å². The molecule has 2 aromatic heterocycles. The average molecular weight is 468 g/mol. The highest BCUT2D eigenvalue weighted by Gasteiger charge is 2.17. The lowest BCUT2D eigenvalue weighted by atomic mass is 10.2. The molecule has 0 amide bonds. The second kappa shape index (κ2) is 10.3. The van der Waals surface area contributed by atoms with E-state index >= 15 is 0 Å². The number of halogens is 1. The molecule has 0 aliphatic carbocycles. The van der Waals surface area contributed by atoms with Crippen molar-refractivity contribution in [2.24, 2.45) is 0 Å². The molecule has 11 heteroatoms. The van der Waals surface area contributed by atoms with Gasteiger partial charge in [0, 0.05) is 19.6 Å². The summed E-state index contributed by atoms with van der Waals surface area (Å²) in [5, 5.41) is 0.0437. The van der Waals surface area contributed by atoms with Crippen molar-refractivity contribution in [3.63, 3.8) is 0 Å². The van der Waals surface area contributed by atoms with Crippen LogP contribution in [0.3, 0.4) is 0 Å². The third-order valence-electron chi connectivity index (χ3n) is 4.90. The maximum atomic E-state index is 12.9. The van der Waals surface area contributed by atoms with Gasteiger partial charge in [0.15, 0.2) is 11.2 Å². The van der Waals surface area contributed by atoms with E-state index in [1.165, 1.54) is 4.57 Å². The fourth-order valence-electron chi connectivity index (χ4n) is 3.37. The summed E-state index contributed by atoms with van der Waals surface area (Å²) in [5.74, 6) is -0.128. The zero-order chi connectivity index (χ0) is 22.4. The number of rotatable bonds is 11. The number of aryl methyl sites for hydroxylation is 1. The fourth-order valence-corrected chi connectivity index (χ4v) is 4.73. The molecule has 3 aromatic rings. The number of benzene rings is 1. The zero-order valence-corrected chi connectivity index (χ0v) is 18.9. The Labute approximate surface area is 185 Å². The topological polar surface area (TPSA) is 119 Å². The van der Waals surface area contributed by atoms with E-state index < -0.39 is 21.3 Å². The second-order valence-corrected chi connectivity index (χ2v) is 9.48. The first-order chi connectivity index (χ1) is 14.8. The number of aromatic amines is 1. The SMILES string of the molecule is CCCCCn1c(=O)n(CCCNS(=O)(=O)Cc2ccccc2)c(=O)c2[nH]c(Cl)nc21. The zero-order valence-electron chi connectivity index (χ0n) is 17.3. The number of nitrogens with zero attached hydrogens (tertiary/aromatic N) is 3. The second-order valence-electron chi connectivity index (χ2n) is 7.32. The molecule has 0 atom stereocenters. The average Bonchev–Trinajstić information content (AvgIpc) is 3.12. The van der Waals surface area contributed by atoms with Crippen LogP contribution in [0.1, 0.15) is 38.2 Å². The van der Waals surface area contributed by atoms with E-state index in [2.05, 4.69) is 21.6 Å². The molecule has 1 aromatic carbocycles. The number of hydrogen-bond acceptors (Lipinski definition) is 5. The van der Waals surface area contributed by atoms with Crippen LogP contribution in [0, 0.1) is 0 Å². The predicted molar refractivity (Wildman–Crippen MR) is 121 cm³/mol. The van der Waals surface area contributed by atoms with Gasteiger partial charge in [-0.15, -0.1) is 0 Å². The van der Waals surface area contributed by atoms with Crippen molar-refractivity contribution in [1.29, 1.82) is 0 Å². The molecule has 168 valence electrons. The van der Waals surface area contributed by atoms with Crippen LogP contribution in [0.5, 0.6) is 0 Å². The molecule has 0 spiro atoms. The van der Waals surface area contributed by atoms with Crippen molar-refractivity contribution < 1.29 is 8.42 Å². The van der Waals surface area contributed by atoms with Gasteiger partial charge in [0.25, 0.3) is 5.56 Å². The van der Waals surface area contributed by atoms with Crippen LogP contribution in [-0.2, 0) is 28.9 Å². The Bertz CT molecular complexity index is 1250. The molecular formula is C20H26ClN5O4S. The van der Waals surface area contributed by atoms with E-state index in [4.69, 9.17) is 11.6 Å². The maximum Gasteiger partial charge on any atom is 0.332 e. The van der Waals surface area contributed by atoms with Gasteiger partial charge in [0.1, 0.15) is 0 Å². The van der Waals surface area contributed by atoms with Crippen molar-refractivity contribution in [3.05, 3.63) is 62.0 Å². The highest BCUT2D eigenvalue weighted by atomic mass is 35.5. The van der Waals surface area contributed by atoms with Gasteiger partial charge in [0.05, 0.1) is 5.75 Å². The third kappa shape index (κ3) is 5.84. The van der Waals surface area contributed by atoms with Gasteiger partial charge in [-0.1, -0.05) is 50.1 Å². The number of H-pyrrole nitrogens is 1. The monoisotopic (exact) mass is 467 g/mol. The van der Waals surface area contributed by atoms with Crippen molar-refractivity contribution in [2.75, 3.05) is 6.54 Å².